The number of benzene rings is 3. The van der Waals surface area contributed by atoms with Gasteiger partial charge in [0.15, 0.2) is 6.10 Å². The van der Waals surface area contributed by atoms with E-state index in [1.807, 2.05) is 60.7 Å². The number of ether oxygens (including phenoxy) is 2. The SMILES string of the molecule is CC(C)(C)OC(=O)Nc1ccc(C(=O)C(=O)OC(c2ccccc2)c2ccccc2)cc1. The van der Waals surface area contributed by atoms with Gasteiger partial charge in [0.25, 0.3) is 5.78 Å². The van der Waals surface area contributed by atoms with Gasteiger partial charge < -0.3 is 9.47 Å². The van der Waals surface area contributed by atoms with Crippen LogP contribution in [0.3, 0.4) is 0 Å². The third-order valence-electron chi connectivity index (χ3n) is 4.41. The Labute approximate surface area is 187 Å². The second-order valence-electron chi connectivity index (χ2n) is 8.14. The van der Waals surface area contributed by atoms with Crippen LogP contribution >= 0.6 is 0 Å². The van der Waals surface area contributed by atoms with Crippen molar-refractivity contribution in [2.24, 2.45) is 0 Å². The molecule has 0 atom stereocenters. The van der Waals surface area contributed by atoms with Gasteiger partial charge >= 0.3 is 12.1 Å². The number of nitrogens with one attached hydrogen (secondary N) is 1. The maximum absolute atomic E-state index is 12.7. The van der Waals surface area contributed by atoms with Crippen molar-refractivity contribution in [3.63, 3.8) is 0 Å². The smallest absolute Gasteiger partial charge is 0.412 e. The molecule has 0 aliphatic carbocycles. The Bertz CT molecular complexity index is 1030. The molecule has 3 rings (SSSR count). The van der Waals surface area contributed by atoms with Gasteiger partial charge in [0, 0.05) is 11.3 Å². The molecule has 0 aromatic heterocycles. The fourth-order valence-electron chi connectivity index (χ4n) is 2.99. The summed E-state index contributed by atoms with van der Waals surface area (Å²) in [6.07, 6.45) is -1.31. The molecule has 32 heavy (non-hydrogen) atoms. The number of carbonyl (C=O) groups excluding carboxylic acids is 3. The number of rotatable bonds is 6. The molecule has 0 heterocycles. The second-order valence-corrected chi connectivity index (χ2v) is 8.14. The highest BCUT2D eigenvalue weighted by atomic mass is 16.6. The largest absolute Gasteiger partial charge is 0.447 e. The molecule has 0 saturated carbocycles. The summed E-state index contributed by atoms with van der Waals surface area (Å²) in [7, 11) is 0. The van der Waals surface area contributed by atoms with E-state index >= 15 is 0 Å². The van der Waals surface area contributed by atoms with Gasteiger partial charge in [-0.05, 0) is 56.2 Å². The Morgan fingerprint density at radius 3 is 1.72 bits per heavy atom. The van der Waals surface area contributed by atoms with E-state index < -0.39 is 29.6 Å². The van der Waals surface area contributed by atoms with Gasteiger partial charge in [-0.15, -0.1) is 0 Å². The summed E-state index contributed by atoms with van der Waals surface area (Å²) >= 11 is 0. The predicted octanol–water partition coefficient (Wildman–Crippen LogP) is 5.55. The maximum atomic E-state index is 12.7. The number of Topliss-reactive ketones (excluding diaryl/α,β-unsaturated/α-hetero) is 1. The van der Waals surface area contributed by atoms with Crippen molar-refractivity contribution >= 4 is 23.5 Å². The summed E-state index contributed by atoms with van der Waals surface area (Å²) in [5, 5.41) is 2.58. The zero-order valence-electron chi connectivity index (χ0n) is 18.2. The number of ketones is 1. The summed E-state index contributed by atoms with van der Waals surface area (Å²) in [5.74, 6) is -1.73. The van der Waals surface area contributed by atoms with E-state index in [0.717, 1.165) is 11.1 Å². The Morgan fingerprint density at radius 1 is 0.750 bits per heavy atom. The first kappa shape index (κ1) is 22.7. The normalized spacial score (nSPS) is 11.0. The van der Waals surface area contributed by atoms with Crippen molar-refractivity contribution in [1.29, 1.82) is 0 Å². The molecule has 0 aliphatic heterocycles. The lowest BCUT2D eigenvalue weighted by Gasteiger charge is -2.19. The van der Waals surface area contributed by atoms with E-state index in [9.17, 15) is 14.4 Å². The minimum atomic E-state index is -0.962. The standard InChI is InChI=1S/C26H25NO5/c1-26(2,3)32-25(30)27-21-16-14-18(15-17-21)22(28)24(29)31-23(19-10-6-4-7-11-19)20-12-8-5-9-13-20/h4-17,23H,1-3H3,(H,27,30). The monoisotopic (exact) mass is 431 g/mol. The number of hydrogen-bond acceptors (Lipinski definition) is 5. The van der Waals surface area contributed by atoms with Gasteiger partial charge in [0.1, 0.15) is 5.60 Å². The van der Waals surface area contributed by atoms with Crippen LogP contribution in [0, 0.1) is 0 Å². The number of esters is 1. The van der Waals surface area contributed by atoms with Gasteiger partial charge in [-0.3, -0.25) is 10.1 Å². The molecule has 0 fully saturated rings. The number of hydrogen-bond donors (Lipinski definition) is 1. The van der Waals surface area contributed by atoms with Crippen LogP contribution in [-0.2, 0) is 14.3 Å². The van der Waals surface area contributed by atoms with E-state index in [0.29, 0.717) is 5.69 Å². The fourth-order valence-corrected chi connectivity index (χ4v) is 2.99. The Hall–Kier alpha value is -3.93. The third-order valence-corrected chi connectivity index (χ3v) is 4.41. The van der Waals surface area contributed by atoms with E-state index in [4.69, 9.17) is 9.47 Å². The molecule has 0 spiro atoms. The van der Waals surface area contributed by atoms with Crippen LogP contribution in [0.1, 0.15) is 48.4 Å². The molecule has 0 unspecified atom stereocenters. The van der Waals surface area contributed by atoms with Crippen LogP contribution < -0.4 is 5.32 Å². The summed E-state index contributed by atoms with van der Waals surface area (Å²) < 4.78 is 10.8. The minimum Gasteiger partial charge on any atom is -0.447 e. The molecule has 0 aliphatic rings. The first-order chi connectivity index (χ1) is 15.2. The lowest BCUT2D eigenvalue weighted by Crippen LogP contribution is -2.27. The average Bonchev–Trinajstić information content (AvgIpc) is 2.77. The number of amides is 1. The molecule has 6 heteroatoms. The van der Waals surface area contributed by atoms with Crippen molar-refractivity contribution in [2.75, 3.05) is 5.32 Å². The van der Waals surface area contributed by atoms with Crippen molar-refractivity contribution < 1.29 is 23.9 Å². The summed E-state index contributed by atoms with van der Waals surface area (Å²) in [6.45, 7) is 5.29. The van der Waals surface area contributed by atoms with Crippen molar-refractivity contribution in [2.45, 2.75) is 32.5 Å². The van der Waals surface area contributed by atoms with Crippen LogP contribution in [0.25, 0.3) is 0 Å². The van der Waals surface area contributed by atoms with Crippen LogP contribution in [0.15, 0.2) is 84.9 Å². The topological polar surface area (TPSA) is 81.7 Å². The molecule has 164 valence electrons. The minimum absolute atomic E-state index is 0.157. The summed E-state index contributed by atoms with van der Waals surface area (Å²) in [4.78, 5) is 37.2. The molecule has 1 N–H and O–H groups in total. The number of carbonyl (C=O) groups is 3. The first-order valence-electron chi connectivity index (χ1n) is 10.2. The van der Waals surface area contributed by atoms with Crippen LogP contribution in [0.5, 0.6) is 0 Å². The van der Waals surface area contributed by atoms with Gasteiger partial charge in [0.2, 0.25) is 0 Å². The Morgan fingerprint density at radius 2 is 1.25 bits per heavy atom. The molecule has 3 aromatic rings. The van der Waals surface area contributed by atoms with E-state index in [1.165, 1.54) is 24.3 Å². The van der Waals surface area contributed by atoms with E-state index in [-0.39, 0.29) is 5.56 Å². The number of anilines is 1. The van der Waals surface area contributed by atoms with Gasteiger partial charge in [0.05, 0.1) is 0 Å². The van der Waals surface area contributed by atoms with Crippen LogP contribution in [0.4, 0.5) is 10.5 Å². The third kappa shape index (κ3) is 6.28. The molecule has 6 nitrogen and oxygen atoms in total. The van der Waals surface area contributed by atoms with Gasteiger partial charge in [-0.25, -0.2) is 9.59 Å². The predicted molar refractivity (Wildman–Crippen MR) is 121 cm³/mol. The van der Waals surface area contributed by atoms with Gasteiger partial charge in [-0.2, -0.15) is 0 Å². The van der Waals surface area contributed by atoms with Crippen molar-refractivity contribution in [3.8, 4) is 0 Å². The van der Waals surface area contributed by atoms with Gasteiger partial charge in [-0.1, -0.05) is 60.7 Å². The summed E-state index contributed by atoms with van der Waals surface area (Å²) in [5.41, 5.74) is 1.49. The molecule has 0 bridgehead atoms. The quantitative estimate of drug-likeness (QED) is 0.314. The molecule has 0 saturated heterocycles. The highest BCUT2D eigenvalue weighted by molar-refractivity contribution is 6.40. The highest BCUT2D eigenvalue weighted by Gasteiger charge is 2.25. The van der Waals surface area contributed by atoms with Crippen LogP contribution in [0.2, 0.25) is 0 Å². The van der Waals surface area contributed by atoms with Crippen molar-refractivity contribution in [3.05, 3.63) is 102 Å². The zero-order valence-corrected chi connectivity index (χ0v) is 18.2. The molecular formula is C26H25NO5. The lowest BCUT2D eigenvalue weighted by atomic mass is 10.0. The average molecular weight is 431 g/mol. The molecule has 3 aromatic carbocycles. The highest BCUT2D eigenvalue weighted by Crippen LogP contribution is 2.26. The fraction of sp³-hybridized carbons (Fsp3) is 0.192. The Kier molecular flexibility index (Phi) is 7.05. The molecule has 1 amide bonds. The van der Waals surface area contributed by atoms with Crippen LogP contribution in [-0.4, -0.2) is 23.4 Å². The lowest BCUT2D eigenvalue weighted by molar-refractivity contribution is -0.141. The second kappa shape index (κ2) is 9.92. The first-order valence-corrected chi connectivity index (χ1v) is 10.2. The zero-order chi connectivity index (χ0) is 23.1. The van der Waals surface area contributed by atoms with E-state index in [2.05, 4.69) is 5.32 Å². The molecular weight excluding hydrogens is 406 g/mol. The van der Waals surface area contributed by atoms with Crippen molar-refractivity contribution in [1.82, 2.24) is 0 Å². The maximum Gasteiger partial charge on any atom is 0.412 e. The molecule has 0 radical (unpaired) electrons. The Balaban J connectivity index is 1.71. The summed E-state index contributed by atoms with van der Waals surface area (Å²) in [6, 6.07) is 24.4. The van der Waals surface area contributed by atoms with E-state index in [1.54, 1.807) is 20.8 Å².